The third-order valence-corrected chi connectivity index (χ3v) is 8.81. The first-order valence-electron chi connectivity index (χ1n) is 13.7. The van der Waals surface area contributed by atoms with E-state index in [0.717, 1.165) is 10.8 Å². The van der Waals surface area contributed by atoms with E-state index in [-0.39, 0.29) is 16.6 Å². The van der Waals surface area contributed by atoms with E-state index in [9.17, 15) is 18.0 Å². The van der Waals surface area contributed by atoms with Crippen LogP contribution < -0.4 is 4.72 Å². The Morgan fingerprint density at radius 3 is 2.52 bits per heavy atom. The van der Waals surface area contributed by atoms with Gasteiger partial charge in [-0.1, -0.05) is 36.4 Å². The molecule has 10 nitrogen and oxygen atoms in total. The molecule has 0 aliphatic rings. The Balaban J connectivity index is 1.59. The summed E-state index contributed by atoms with van der Waals surface area (Å²) >= 11 is 1.25. The van der Waals surface area contributed by atoms with Gasteiger partial charge in [0.2, 0.25) is 10.0 Å². The van der Waals surface area contributed by atoms with E-state index in [1.807, 2.05) is 35.0 Å². The van der Waals surface area contributed by atoms with Crippen molar-refractivity contribution in [3.63, 3.8) is 0 Å². The van der Waals surface area contributed by atoms with Crippen molar-refractivity contribution in [3.8, 4) is 0 Å². The fraction of sp³-hybridized carbons (Fsp3) is 0.400. The number of ether oxygens (including phenoxy) is 2. The summed E-state index contributed by atoms with van der Waals surface area (Å²) in [6.45, 7) is 9.66. The van der Waals surface area contributed by atoms with Crippen LogP contribution in [0.4, 0.5) is 0 Å². The molecular weight excluding hydrogens is 576 g/mol. The first kappa shape index (κ1) is 31.5. The summed E-state index contributed by atoms with van der Waals surface area (Å²) in [6, 6.07) is 12.9. The molecule has 1 N–H and O–H groups in total. The molecular formula is C30H36N4O6S2. The van der Waals surface area contributed by atoms with Crippen LogP contribution in [-0.2, 0) is 35.6 Å². The monoisotopic (exact) mass is 612 g/mol. The van der Waals surface area contributed by atoms with Crippen molar-refractivity contribution in [1.29, 1.82) is 0 Å². The predicted octanol–water partition coefficient (Wildman–Crippen LogP) is 5.02. The lowest BCUT2D eigenvalue weighted by Gasteiger charge is -2.24. The van der Waals surface area contributed by atoms with Crippen LogP contribution in [0, 0.1) is 6.92 Å². The number of aryl methyl sites for hydroxylation is 2. The molecule has 1 unspecified atom stereocenters. The van der Waals surface area contributed by atoms with Gasteiger partial charge >= 0.3 is 11.9 Å². The zero-order chi connectivity index (χ0) is 30.5. The van der Waals surface area contributed by atoms with Crippen LogP contribution >= 0.6 is 11.8 Å². The maximum atomic E-state index is 13.6. The highest BCUT2D eigenvalue weighted by atomic mass is 32.2. The number of carbonyl (C=O) groups excluding carboxylic acids is 2. The summed E-state index contributed by atoms with van der Waals surface area (Å²) in [4.78, 5) is 34.3. The number of esters is 2. The van der Waals surface area contributed by atoms with Crippen molar-refractivity contribution < 1.29 is 27.5 Å². The Morgan fingerprint density at radius 1 is 1.05 bits per heavy atom. The van der Waals surface area contributed by atoms with E-state index < -0.39 is 27.6 Å². The topological polar surface area (TPSA) is 129 Å². The van der Waals surface area contributed by atoms with Gasteiger partial charge in [-0.2, -0.15) is 4.72 Å². The fourth-order valence-electron chi connectivity index (χ4n) is 4.42. The van der Waals surface area contributed by atoms with Crippen molar-refractivity contribution in [2.24, 2.45) is 0 Å². The summed E-state index contributed by atoms with van der Waals surface area (Å²) < 4.78 is 42.4. The molecule has 0 spiro atoms. The van der Waals surface area contributed by atoms with Crippen LogP contribution in [0.3, 0.4) is 0 Å². The summed E-state index contributed by atoms with van der Waals surface area (Å²) in [5, 5.41) is 2.70. The lowest BCUT2D eigenvalue weighted by molar-refractivity contribution is -0.156. The van der Waals surface area contributed by atoms with Gasteiger partial charge in [-0.25, -0.2) is 18.4 Å². The van der Waals surface area contributed by atoms with E-state index in [1.54, 1.807) is 52.8 Å². The van der Waals surface area contributed by atoms with Crippen LogP contribution in [0.15, 0.2) is 64.6 Å². The second kappa shape index (κ2) is 13.2. The van der Waals surface area contributed by atoms with E-state index >= 15 is 0 Å². The summed E-state index contributed by atoms with van der Waals surface area (Å²) in [6.07, 6.45) is 2.76. The van der Waals surface area contributed by atoms with E-state index in [0.29, 0.717) is 47.9 Å². The number of sulfonamides is 1. The average molecular weight is 613 g/mol. The number of hydrogen-bond donors (Lipinski definition) is 1. The SMILES string of the molecule is CCOC(=O)CCCn1ccc2c(SCC(NS(=O)(=O)c3cccc4ccccc34)C(=O)OC(C)(C)C)nc(C)nc21. The molecule has 224 valence electrons. The average Bonchev–Trinajstić information content (AvgIpc) is 3.32. The standard InChI is InChI=1S/C30H36N4O6S2/c1-6-39-26(35)15-10-17-34-18-16-23-27(34)31-20(2)32-28(23)41-19-24(29(36)40-30(3,4)5)33-42(37,38)25-14-9-12-21-11-7-8-13-22(21)25/h7-9,11-14,16,18,24,33H,6,10,15,17,19H2,1-5H3. The second-order valence-electron chi connectivity index (χ2n) is 10.7. The molecule has 0 bridgehead atoms. The van der Waals surface area contributed by atoms with Crippen LogP contribution in [0.1, 0.15) is 46.4 Å². The van der Waals surface area contributed by atoms with Crippen molar-refractivity contribution in [2.75, 3.05) is 12.4 Å². The van der Waals surface area contributed by atoms with Gasteiger partial charge in [-0.15, -0.1) is 11.8 Å². The smallest absolute Gasteiger partial charge is 0.325 e. The molecule has 2 heterocycles. The molecule has 0 radical (unpaired) electrons. The van der Waals surface area contributed by atoms with Gasteiger partial charge in [0, 0.05) is 30.3 Å². The highest BCUT2D eigenvalue weighted by molar-refractivity contribution is 7.99. The largest absolute Gasteiger partial charge is 0.466 e. The molecule has 0 saturated heterocycles. The van der Waals surface area contributed by atoms with Crippen molar-refractivity contribution in [3.05, 3.63) is 60.6 Å². The van der Waals surface area contributed by atoms with E-state index in [1.165, 1.54) is 17.8 Å². The number of fused-ring (bicyclic) bond motifs is 2. The highest BCUT2D eigenvalue weighted by Gasteiger charge is 2.31. The molecule has 4 aromatic rings. The first-order chi connectivity index (χ1) is 19.9. The number of carbonyl (C=O) groups is 2. The van der Waals surface area contributed by atoms with Gasteiger partial charge in [-0.05, 0) is 58.6 Å². The first-order valence-corrected chi connectivity index (χ1v) is 16.2. The fourth-order valence-corrected chi connectivity index (χ4v) is 7.00. The molecule has 1 atom stereocenters. The zero-order valence-electron chi connectivity index (χ0n) is 24.4. The third-order valence-electron chi connectivity index (χ3n) is 6.20. The molecule has 2 aromatic carbocycles. The van der Waals surface area contributed by atoms with Gasteiger partial charge < -0.3 is 14.0 Å². The maximum absolute atomic E-state index is 13.6. The Bertz CT molecular complexity index is 1690. The summed E-state index contributed by atoms with van der Waals surface area (Å²) in [7, 11) is -4.10. The van der Waals surface area contributed by atoms with Crippen LogP contribution in [0.25, 0.3) is 21.8 Å². The molecule has 12 heteroatoms. The molecule has 0 saturated carbocycles. The zero-order valence-corrected chi connectivity index (χ0v) is 26.0. The normalized spacial score (nSPS) is 12.9. The highest BCUT2D eigenvalue weighted by Crippen LogP contribution is 2.29. The van der Waals surface area contributed by atoms with Gasteiger partial charge in [0.05, 0.1) is 16.9 Å². The maximum Gasteiger partial charge on any atom is 0.325 e. The Hall–Kier alpha value is -3.48. The molecule has 0 aliphatic heterocycles. The quantitative estimate of drug-likeness (QED) is 0.133. The van der Waals surface area contributed by atoms with Crippen molar-refractivity contribution in [1.82, 2.24) is 19.3 Å². The van der Waals surface area contributed by atoms with Crippen molar-refractivity contribution >= 4 is 55.5 Å². The lowest BCUT2D eigenvalue weighted by atomic mass is 10.1. The number of thioether (sulfide) groups is 1. The third kappa shape index (κ3) is 7.87. The van der Waals surface area contributed by atoms with Gasteiger partial charge in [0.25, 0.3) is 0 Å². The number of nitrogens with zero attached hydrogens (tertiary/aromatic N) is 3. The Labute approximate surface area is 250 Å². The van der Waals surface area contributed by atoms with Gasteiger partial charge in [0.15, 0.2) is 0 Å². The molecule has 0 amide bonds. The molecule has 42 heavy (non-hydrogen) atoms. The Morgan fingerprint density at radius 2 is 1.79 bits per heavy atom. The van der Waals surface area contributed by atoms with Gasteiger partial charge in [0.1, 0.15) is 28.1 Å². The van der Waals surface area contributed by atoms with E-state index in [2.05, 4.69) is 14.7 Å². The summed E-state index contributed by atoms with van der Waals surface area (Å²) in [5.41, 5.74) is -0.122. The number of nitrogens with one attached hydrogen (secondary N) is 1. The lowest BCUT2D eigenvalue weighted by Crippen LogP contribution is -2.45. The van der Waals surface area contributed by atoms with Crippen LogP contribution in [-0.4, -0.2) is 58.9 Å². The minimum Gasteiger partial charge on any atom is -0.466 e. The number of benzene rings is 2. The van der Waals surface area contributed by atoms with E-state index in [4.69, 9.17) is 9.47 Å². The van der Waals surface area contributed by atoms with Crippen molar-refractivity contribution in [2.45, 2.75) is 75.6 Å². The van der Waals surface area contributed by atoms with Gasteiger partial charge in [-0.3, -0.25) is 9.59 Å². The Kier molecular flexibility index (Phi) is 9.90. The number of rotatable bonds is 12. The van der Waals surface area contributed by atoms with Crippen LogP contribution in [0.2, 0.25) is 0 Å². The van der Waals surface area contributed by atoms with Crippen LogP contribution in [0.5, 0.6) is 0 Å². The molecule has 4 rings (SSSR count). The minimum absolute atomic E-state index is 0.0402. The minimum atomic E-state index is -4.10. The molecule has 0 fully saturated rings. The number of aromatic nitrogens is 3. The number of hydrogen-bond acceptors (Lipinski definition) is 9. The molecule has 0 aliphatic carbocycles. The predicted molar refractivity (Wildman–Crippen MR) is 163 cm³/mol. The summed E-state index contributed by atoms with van der Waals surface area (Å²) in [5.74, 6) is -0.355. The second-order valence-corrected chi connectivity index (χ2v) is 13.4. The molecule has 2 aromatic heterocycles.